The molecule has 2 amide bonds. The summed E-state index contributed by atoms with van der Waals surface area (Å²) in [5, 5.41) is 13.6. The van der Waals surface area contributed by atoms with Gasteiger partial charge in [0.2, 0.25) is 0 Å². The van der Waals surface area contributed by atoms with Crippen molar-refractivity contribution >= 4 is 6.03 Å². The third-order valence-electron chi connectivity index (χ3n) is 4.30. The van der Waals surface area contributed by atoms with Crippen LogP contribution in [0.25, 0.3) is 0 Å². The van der Waals surface area contributed by atoms with E-state index in [0.29, 0.717) is 12.4 Å². The fourth-order valence-corrected chi connectivity index (χ4v) is 2.96. The Kier molecular flexibility index (Phi) is 5.60. The molecule has 0 bridgehead atoms. The highest BCUT2D eigenvalue weighted by Crippen LogP contribution is 2.27. The zero-order chi connectivity index (χ0) is 17.6. The van der Waals surface area contributed by atoms with Crippen LogP contribution in [0, 0.1) is 5.82 Å². The van der Waals surface area contributed by atoms with E-state index in [4.69, 9.17) is 4.74 Å². The average Bonchev–Trinajstić information content (AvgIpc) is 3.30. The number of urea groups is 1. The van der Waals surface area contributed by atoms with Crippen molar-refractivity contribution in [2.75, 3.05) is 6.61 Å². The molecule has 1 aromatic carbocycles. The summed E-state index contributed by atoms with van der Waals surface area (Å²) in [6.07, 6.45) is 3.32. The SMILES string of the molecule is CCn1cnnc1CNC(=O)NC(c1ccc(F)cc1)C1CCCO1. The number of carbonyl (C=O) groups excluding carboxylic acids is 1. The monoisotopic (exact) mass is 347 g/mol. The lowest BCUT2D eigenvalue weighted by molar-refractivity contribution is 0.0807. The van der Waals surface area contributed by atoms with E-state index in [2.05, 4.69) is 20.8 Å². The third-order valence-corrected chi connectivity index (χ3v) is 4.30. The normalized spacial score (nSPS) is 18.1. The second-order valence-corrected chi connectivity index (χ2v) is 5.94. The first-order valence-corrected chi connectivity index (χ1v) is 8.45. The molecule has 2 heterocycles. The molecule has 7 nitrogen and oxygen atoms in total. The number of amides is 2. The van der Waals surface area contributed by atoms with Gasteiger partial charge in [-0.3, -0.25) is 0 Å². The molecule has 2 N–H and O–H groups in total. The van der Waals surface area contributed by atoms with E-state index >= 15 is 0 Å². The van der Waals surface area contributed by atoms with Crippen LogP contribution in [0.2, 0.25) is 0 Å². The predicted molar refractivity (Wildman–Crippen MR) is 89.2 cm³/mol. The van der Waals surface area contributed by atoms with Crippen molar-refractivity contribution in [3.8, 4) is 0 Å². The van der Waals surface area contributed by atoms with Crippen molar-refractivity contribution in [3.63, 3.8) is 0 Å². The maximum Gasteiger partial charge on any atom is 0.315 e. The van der Waals surface area contributed by atoms with E-state index in [1.165, 1.54) is 12.1 Å². The Morgan fingerprint density at radius 2 is 2.24 bits per heavy atom. The molecular formula is C17H22FN5O2. The maximum absolute atomic E-state index is 13.2. The van der Waals surface area contributed by atoms with Crippen LogP contribution < -0.4 is 10.6 Å². The Morgan fingerprint density at radius 1 is 1.44 bits per heavy atom. The minimum atomic E-state index is -0.327. The molecule has 2 atom stereocenters. The number of aryl methyl sites for hydroxylation is 1. The smallest absolute Gasteiger partial charge is 0.315 e. The molecule has 25 heavy (non-hydrogen) atoms. The zero-order valence-corrected chi connectivity index (χ0v) is 14.1. The number of benzene rings is 1. The minimum absolute atomic E-state index is 0.115. The van der Waals surface area contributed by atoms with Crippen LogP contribution in [-0.2, 0) is 17.8 Å². The van der Waals surface area contributed by atoms with Gasteiger partial charge >= 0.3 is 6.03 Å². The molecule has 134 valence electrons. The van der Waals surface area contributed by atoms with Crippen molar-refractivity contribution in [3.05, 3.63) is 47.8 Å². The standard InChI is InChI=1S/C17H22FN5O2/c1-2-23-11-20-22-15(23)10-19-17(24)21-16(14-4-3-9-25-14)12-5-7-13(18)8-6-12/h5-8,11,14,16H,2-4,9-10H2,1H3,(H2,19,21,24). The lowest BCUT2D eigenvalue weighted by atomic mass is 9.99. The third kappa shape index (κ3) is 4.33. The van der Waals surface area contributed by atoms with Gasteiger partial charge in [-0.1, -0.05) is 12.1 Å². The summed E-state index contributed by atoms with van der Waals surface area (Å²) in [5.41, 5.74) is 0.820. The van der Waals surface area contributed by atoms with Gasteiger partial charge in [0.1, 0.15) is 12.1 Å². The fourth-order valence-electron chi connectivity index (χ4n) is 2.96. The molecular weight excluding hydrogens is 325 g/mol. The molecule has 8 heteroatoms. The Morgan fingerprint density at radius 3 is 2.92 bits per heavy atom. The lowest BCUT2D eigenvalue weighted by Crippen LogP contribution is -2.42. The number of aromatic nitrogens is 3. The van der Waals surface area contributed by atoms with Gasteiger partial charge in [0.15, 0.2) is 5.82 Å². The number of hydrogen-bond donors (Lipinski definition) is 2. The number of nitrogens with one attached hydrogen (secondary N) is 2. The largest absolute Gasteiger partial charge is 0.376 e. The van der Waals surface area contributed by atoms with E-state index in [0.717, 1.165) is 24.9 Å². The summed E-state index contributed by atoms with van der Waals surface area (Å²) in [7, 11) is 0. The molecule has 1 fully saturated rings. The number of nitrogens with zero attached hydrogens (tertiary/aromatic N) is 3. The van der Waals surface area contributed by atoms with Gasteiger partial charge in [-0.25, -0.2) is 9.18 Å². The van der Waals surface area contributed by atoms with Crippen LogP contribution in [0.4, 0.5) is 9.18 Å². The summed E-state index contributed by atoms with van der Waals surface area (Å²) in [6.45, 7) is 3.67. The Bertz CT molecular complexity index is 697. The van der Waals surface area contributed by atoms with E-state index in [1.807, 2.05) is 11.5 Å². The van der Waals surface area contributed by atoms with Crippen molar-refractivity contribution in [1.82, 2.24) is 25.4 Å². The average molecular weight is 347 g/mol. The maximum atomic E-state index is 13.2. The summed E-state index contributed by atoms with van der Waals surface area (Å²) >= 11 is 0. The van der Waals surface area contributed by atoms with Crippen LogP contribution >= 0.6 is 0 Å². The number of carbonyl (C=O) groups is 1. The minimum Gasteiger partial charge on any atom is -0.376 e. The van der Waals surface area contributed by atoms with Gasteiger partial charge in [0.25, 0.3) is 0 Å². The van der Waals surface area contributed by atoms with Crippen LogP contribution in [-0.4, -0.2) is 33.5 Å². The van der Waals surface area contributed by atoms with Crippen molar-refractivity contribution in [1.29, 1.82) is 0 Å². The molecule has 0 radical (unpaired) electrons. The van der Waals surface area contributed by atoms with Crippen molar-refractivity contribution in [2.24, 2.45) is 0 Å². The van der Waals surface area contributed by atoms with Gasteiger partial charge in [0.05, 0.1) is 18.7 Å². The fraction of sp³-hybridized carbons (Fsp3) is 0.471. The molecule has 0 saturated carbocycles. The Balaban J connectivity index is 1.65. The molecule has 2 unspecified atom stereocenters. The number of hydrogen-bond acceptors (Lipinski definition) is 4. The van der Waals surface area contributed by atoms with Gasteiger partial charge in [-0.05, 0) is 37.5 Å². The van der Waals surface area contributed by atoms with Crippen LogP contribution in [0.1, 0.15) is 37.2 Å². The molecule has 0 aliphatic carbocycles. The number of ether oxygens (including phenoxy) is 1. The number of halogens is 1. The molecule has 0 spiro atoms. The topological polar surface area (TPSA) is 81.1 Å². The quantitative estimate of drug-likeness (QED) is 0.839. The van der Waals surface area contributed by atoms with Crippen LogP contribution in [0.5, 0.6) is 0 Å². The van der Waals surface area contributed by atoms with E-state index in [9.17, 15) is 9.18 Å². The molecule has 1 saturated heterocycles. The van der Waals surface area contributed by atoms with Gasteiger partial charge in [-0.15, -0.1) is 10.2 Å². The summed E-state index contributed by atoms with van der Waals surface area (Å²) in [6, 6.07) is 5.48. The predicted octanol–water partition coefficient (Wildman–Crippen LogP) is 2.16. The molecule has 2 aromatic rings. The summed E-state index contributed by atoms with van der Waals surface area (Å²) in [4.78, 5) is 12.3. The first-order valence-electron chi connectivity index (χ1n) is 8.45. The van der Waals surface area contributed by atoms with Crippen LogP contribution in [0.15, 0.2) is 30.6 Å². The van der Waals surface area contributed by atoms with Crippen LogP contribution in [0.3, 0.4) is 0 Å². The molecule has 3 rings (SSSR count). The zero-order valence-electron chi connectivity index (χ0n) is 14.1. The van der Waals surface area contributed by atoms with Crippen molar-refractivity contribution < 1.29 is 13.9 Å². The van der Waals surface area contributed by atoms with E-state index in [1.54, 1.807) is 18.5 Å². The van der Waals surface area contributed by atoms with Gasteiger partial charge in [-0.2, -0.15) is 0 Å². The first kappa shape index (κ1) is 17.3. The van der Waals surface area contributed by atoms with E-state index < -0.39 is 0 Å². The Labute approximate surface area is 145 Å². The summed E-state index contributed by atoms with van der Waals surface area (Å²) < 4.78 is 20.8. The second-order valence-electron chi connectivity index (χ2n) is 5.94. The molecule has 1 aliphatic heterocycles. The highest BCUT2D eigenvalue weighted by Gasteiger charge is 2.28. The highest BCUT2D eigenvalue weighted by molar-refractivity contribution is 5.74. The lowest BCUT2D eigenvalue weighted by Gasteiger charge is -2.25. The van der Waals surface area contributed by atoms with Crippen molar-refractivity contribution in [2.45, 2.75) is 45.0 Å². The summed E-state index contributed by atoms with van der Waals surface area (Å²) in [5.74, 6) is 0.381. The molecule has 1 aliphatic rings. The first-order chi connectivity index (χ1) is 12.2. The van der Waals surface area contributed by atoms with Gasteiger partial charge in [0, 0.05) is 13.2 Å². The number of rotatable bonds is 6. The molecule has 1 aromatic heterocycles. The highest BCUT2D eigenvalue weighted by atomic mass is 19.1. The van der Waals surface area contributed by atoms with Gasteiger partial charge < -0.3 is 19.9 Å². The second kappa shape index (κ2) is 8.06. The van der Waals surface area contributed by atoms with E-state index in [-0.39, 0.29) is 30.5 Å². The Hall–Kier alpha value is -2.48.